The van der Waals surface area contributed by atoms with Crippen LogP contribution in [-0.4, -0.2) is 35.6 Å². The number of aromatic nitrogens is 2. The lowest BCUT2D eigenvalue weighted by molar-refractivity contribution is -0.0978. The Hall–Kier alpha value is -1.20. The normalized spacial score (nSPS) is 17.1. The molecule has 104 valence electrons. The quantitative estimate of drug-likeness (QED) is 0.918. The van der Waals surface area contributed by atoms with E-state index in [2.05, 4.69) is 22.2 Å². The molecule has 0 unspecified atom stereocenters. The molecule has 0 aromatic carbocycles. The van der Waals surface area contributed by atoms with Gasteiger partial charge in [0.15, 0.2) is 0 Å². The number of halogens is 1. The Kier molecular flexibility index (Phi) is 4.06. The van der Waals surface area contributed by atoms with Gasteiger partial charge < -0.3 is 10.1 Å². The first kappa shape index (κ1) is 14.2. The number of rotatable bonds is 4. The van der Waals surface area contributed by atoms with Crippen LogP contribution in [0.2, 0.25) is 5.02 Å². The summed E-state index contributed by atoms with van der Waals surface area (Å²) in [6.07, 6.45) is 1.48. The van der Waals surface area contributed by atoms with Crippen LogP contribution in [0.3, 0.4) is 0 Å². The van der Waals surface area contributed by atoms with Crippen LogP contribution in [0.4, 0.5) is 0 Å². The molecule has 0 radical (unpaired) electrons. The maximum absolute atomic E-state index is 12.1. The first-order valence-electron chi connectivity index (χ1n) is 6.30. The summed E-state index contributed by atoms with van der Waals surface area (Å²) in [7, 11) is 0. The second-order valence-corrected chi connectivity index (χ2v) is 5.97. The average Bonchev–Trinajstić information content (AvgIpc) is 2.34. The van der Waals surface area contributed by atoms with E-state index >= 15 is 0 Å². The number of amides is 1. The van der Waals surface area contributed by atoms with E-state index in [1.54, 1.807) is 0 Å². The molecule has 1 fully saturated rings. The van der Waals surface area contributed by atoms with Crippen molar-refractivity contribution >= 4 is 17.5 Å². The van der Waals surface area contributed by atoms with Gasteiger partial charge in [0.2, 0.25) is 0 Å². The van der Waals surface area contributed by atoms with Gasteiger partial charge in [0.1, 0.15) is 11.5 Å². The van der Waals surface area contributed by atoms with Crippen LogP contribution in [0.5, 0.6) is 0 Å². The number of hydrogen-bond donors (Lipinski definition) is 1. The maximum Gasteiger partial charge on any atom is 0.271 e. The van der Waals surface area contributed by atoms with Crippen LogP contribution in [0.25, 0.3) is 0 Å². The summed E-state index contributed by atoms with van der Waals surface area (Å²) in [6, 6.07) is 0. The Bertz CT molecular complexity index is 487. The molecular weight excluding hydrogens is 266 g/mol. The van der Waals surface area contributed by atoms with Crippen LogP contribution in [0.1, 0.15) is 43.0 Å². The topological polar surface area (TPSA) is 64.1 Å². The highest BCUT2D eigenvalue weighted by Gasteiger charge is 2.33. The number of hydrogen-bond acceptors (Lipinski definition) is 4. The molecule has 0 aliphatic carbocycles. The minimum absolute atomic E-state index is 0.0239. The Balaban J connectivity index is 2.07. The monoisotopic (exact) mass is 283 g/mol. The third kappa shape index (κ3) is 3.22. The number of ether oxygens (including phenoxy) is 1. The molecule has 0 atom stereocenters. The molecule has 1 aliphatic rings. The Morgan fingerprint density at radius 1 is 1.58 bits per heavy atom. The first-order valence-corrected chi connectivity index (χ1v) is 6.67. The Morgan fingerprint density at radius 2 is 2.26 bits per heavy atom. The fourth-order valence-electron chi connectivity index (χ4n) is 1.75. The highest BCUT2D eigenvalue weighted by molar-refractivity contribution is 6.33. The fourth-order valence-corrected chi connectivity index (χ4v) is 1.93. The lowest BCUT2D eigenvalue weighted by Crippen LogP contribution is -2.48. The van der Waals surface area contributed by atoms with Gasteiger partial charge in [0.05, 0.1) is 24.4 Å². The fraction of sp³-hybridized carbons (Fsp3) is 0.615. The molecule has 1 N–H and O–H groups in total. The van der Waals surface area contributed by atoms with Gasteiger partial charge >= 0.3 is 0 Å². The lowest BCUT2D eigenvalue weighted by Gasteiger charge is -2.37. The van der Waals surface area contributed by atoms with Crippen molar-refractivity contribution in [2.75, 3.05) is 19.8 Å². The summed E-state index contributed by atoms with van der Waals surface area (Å²) in [4.78, 5) is 20.4. The summed E-state index contributed by atoms with van der Waals surface area (Å²) in [6.45, 7) is 7.90. The van der Waals surface area contributed by atoms with Crippen LogP contribution in [0.15, 0.2) is 6.20 Å². The third-order valence-electron chi connectivity index (χ3n) is 3.07. The molecular formula is C13H18ClN3O2. The van der Waals surface area contributed by atoms with Crippen molar-refractivity contribution in [2.45, 2.75) is 26.7 Å². The molecule has 1 aromatic rings. The lowest BCUT2D eigenvalue weighted by atomic mass is 9.89. The summed E-state index contributed by atoms with van der Waals surface area (Å²) >= 11 is 5.98. The molecule has 6 heteroatoms. The third-order valence-corrected chi connectivity index (χ3v) is 3.35. The van der Waals surface area contributed by atoms with E-state index in [9.17, 15) is 4.79 Å². The first-order chi connectivity index (χ1) is 8.91. The van der Waals surface area contributed by atoms with Gasteiger partial charge in [-0.1, -0.05) is 32.4 Å². The predicted octanol–water partition coefficient (Wildman–Crippen LogP) is 2.02. The van der Waals surface area contributed by atoms with E-state index in [4.69, 9.17) is 16.3 Å². The van der Waals surface area contributed by atoms with Gasteiger partial charge in [-0.3, -0.25) is 4.79 Å². The van der Waals surface area contributed by atoms with Gasteiger partial charge in [-0.15, -0.1) is 0 Å². The van der Waals surface area contributed by atoms with Gasteiger partial charge in [0, 0.05) is 17.9 Å². The van der Waals surface area contributed by atoms with Gasteiger partial charge in [-0.25, -0.2) is 9.97 Å². The largest absolute Gasteiger partial charge is 0.380 e. The molecule has 2 heterocycles. The van der Waals surface area contributed by atoms with Crippen molar-refractivity contribution in [1.29, 1.82) is 0 Å². The SMILES string of the molecule is CC(C)c1ncc(Cl)c(C(=O)NCC2(C)COC2)n1. The van der Waals surface area contributed by atoms with Crippen molar-refractivity contribution in [3.8, 4) is 0 Å². The second kappa shape index (κ2) is 5.43. The highest BCUT2D eigenvalue weighted by atomic mass is 35.5. The van der Waals surface area contributed by atoms with Crippen molar-refractivity contribution < 1.29 is 9.53 Å². The summed E-state index contributed by atoms with van der Waals surface area (Å²) in [5.41, 5.74) is 0.264. The summed E-state index contributed by atoms with van der Waals surface area (Å²) in [5, 5.41) is 3.13. The van der Waals surface area contributed by atoms with E-state index in [-0.39, 0.29) is 28.0 Å². The van der Waals surface area contributed by atoms with E-state index in [0.29, 0.717) is 25.6 Å². The molecule has 1 amide bonds. The van der Waals surface area contributed by atoms with E-state index in [1.807, 2.05) is 13.8 Å². The van der Waals surface area contributed by atoms with Crippen molar-refractivity contribution in [3.63, 3.8) is 0 Å². The number of carbonyl (C=O) groups excluding carboxylic acids is 1. The molecule has 1 aliphatic heterocycles. The van der Waals surface area contributed by atoms with Gasteiger partial charge in [0.25, 0.3) is 5.91 Å². The number of nitrogens with zero attached hydrogens (tertiary/aromatic N) is 2. The molecule has 0 spiro atoms. The number of nitrogens with one attached hydrogen (secondary N) is 1. The van der Waals surface area contributed by atoms with Crippen molar-refractivity contribution in [2.24, 2.45) is 5.41 Å². The van der Waals surface area contributed by atoms with Gasteiger partial charge in [-0.2, -0.15) is 0 Å². The zero-order chi connectivity index (χ0) is 14.0. The summed E-state index contributed by atoms with van der Waals surface area (Å²) in [5.74, 6) is 0.511. The van der Waals surface area contributed by atoms with Crippen molar-refractivity contribution in [1.82, 2.24) is 15.3 Å². The van der Waals surface area contributed by atoms with Crippen molar-refractivity contribution in [3.05, 3.63) is 22.7 Å². The number of carbonyl (C=O) groups is 1. The van der Waals surface area contributed by atoms with E-state index in [0.717, 1.165) is 0 Å². The smallest absolute Gasteiger partial charge is 0.271 e. The van der Waals surface area contributed by atoms with Crippen LogP contribution >= 0.6 is 11.6 Å². The minimum Gasteiger partial charge on any atom is -0.380 e. The highest BCUT2D eigenvalue weighted by Crippen LogP contribution is 2.25. The molecule has 0 bridgehead atoms. The predicted molar refractivity (Wildman–Crippen MR) is 72.4 cm³/mol. The molecule has 1 saturated heterocycles. The maximum atomic E-state index is 12.1. The molecule has 1 aromatic heterocycles. The summed E-state index contributed by atoms with van der Waals surface area (Å²) < 4.78 is 5.15. The standard InChI is InChI=1S/C13H18ClN3O2/c1-8(2)11-15-4-9(14)10(17-11)12(18)16-5-13(3)6-19-7-13/h4,8H,5-7H2,1-3H3,(H,16,18). The second-order valence-electron chi connectivity index (χ2n) is 5.57. The van der Waals surface area contributed by atoms with E-state index < -0.39 is 0 Å². The zero-order valence-electron chi connectivity index (χ0n) is 11.4. The molecule has 19 heavy (non-hydrogen) atoms. The van der Waals surface area contributed by atoms with Crippen LogP contribution in [0, 0.1) is 5.41 Å². The van der Waals surface area contributed by atoms with Crippen LogP contribution < -0.4 is 5.32 Å². The Labute approximate surface area is 117 Å². The molecule has 5 nitrogen and oxygen atoms in total. The Morgan fingerprint density at radius 3 is 2.79 bits per heavy atom. The molecule has 0 saturated carbocycles. The molecule has 2 rings (SSSR count). The van der Waals surface area contributed by atoms with E-state index in [1.165, 1.54) is 6.20 Å². The zero-order valence-corrected chi connectivity index (χ0v) is 12.1. The van der Waals surface area contributed by atoms with Crippen LogP contribution in [-0.2, 0) is 4.74 Å². The average molecular weight is 284 g/mol. The minimum atomic E-state index is -0.262. The van der Waals surface area contributed by atoms with Gasteiger partial charge in [-0.05, 0) is 0 Å².